The highest BCUT2D eigenvalue weighted by atomic mass is 28.4. The van der Waals surface area contributed by atoms with E-state index in [0.29, 0.717) is 0 Å². The van der Waals surface area contributed by atoms with Crippen molar-refractivity contribution in [1.29, 1.82) is 0 Å². The van der Waals surface area contributed by atoms with E-state index in [1.807, 2.05) is 26.2 Å². The van der Waals surface area contributed by atoms with E-state index in [-0.39, 0.29) is 21.5 Å². The molecule has 0 saturated heterocycles. The molecule has 0 rings (SSSR count). The molecule has 0 aromatic carbocycles. The number of aliphatic carboxylic acids is 1. The van der Waals surface area contributed by atoms with E-state index in [4.69, 9.17) is 8.95 Å². The van der Waals surface area contributed by atoms with Crippen LogP contribution < -0.4 is 0 Å². The second kappa shape index (κ2) is 6.80. The summed E-state index contributed by atoms with van der Waals surface area (Å²) < 4.78 is 11.6. The van der Waals surface area contributed by atoms with Gasteiger partial charge < -0.3 is 14.1 Å². The second-order valence-corrected chi connectivity index (χ2v) is 18.3. The maximum Gasteiger partial charge on any atom is 0.361 e. The molecule has 0 unspecified atom stereocenters. The fourth-order valence-electron chi connectivity index (χ4n) is 1.02. The van der Waals surface area contributed by atoms with Crippen LogP contribution in [0.4, 0.5) is 0 Å². The van der Waals surface area contributed by atoms with E-state index in [1.165, 1.54) is 0 Å². The van der Waals surface area contributed by atoms with Crippen molar-refractivity contribution in [1.82, 2.24) is 0 Å². The fourth-order valence-corrected chi connectivity index (χ4v) is 2.63. The largest absolute Gasteiger partial charge is 0.542 e. The van der Waals surface area contributed by atoms with Gasteiger partial charge in [-0.2, -0.15) is 0 Å². The van der Waals surface area contributed by atoms with Gasteiger partial charge in [-0.3, -0.25) is 0 Å². The maximum absolute atomic E-state index is 11.5. The highest BCUT2D eigenvalue weighted by molar-refractivity contribution is 6.75. The summed E-state index contributed by atoms with van der Waals surface area (Å²) in [5.41, 5.74) is -0.250. The minimum absolute atomic E-state index is 0.0557. The first-order valence-electron chi connectivity index (χ1n) is 7.80. The molecule has 0 radical (unpaired) electrons. The monoisotopic (exact) mass is 359 g/mol. The predicted molar refractivity (Wildman–Crippen MR) is 101 cm³/mol. The van der Waals surface area contributed by atoms with Crippen molar-refractivity contribution in [3.8, 4) is 0 Å². The van der Waals surface area contributed by atoms with E-state index >= 15 is 0 Å². The Bertz CT molecular complexity index is 497. The molecule has 0 aliphatic rings. The lowest BCUT2D eigenvalue weighted by Crippen LogP contribution is -2.42. The molecule has 7 heteroatoms. The van der Waals surface area contributed by atoms with Crippen LogP contribution in [-0.4, -0.2) is 33.4 Å². The molecule has 134 valence electrons. The number of oxime groups is 1. The highest BCUT2D eigenvalue weighted by Gasteiger charge is 2.42. The number of nitrogens with zero attached hydrogens (tertiary/aromatic N) is 1. The molecule has 0 fully saturated rings. The molecule has 0 aromatic heterocycles. The van der Waals surface area contributed by atoms with E-state index in [2.05, 4.69) is 53.3 Å². The maximum atomic E-state index is 11.5. The van der Waals surface area contributed by atoms with Crippen LogP contribution in [0.5, 0.6) is 0 Å². The van der Waals surface area contributed by atoms with Crippen LogP contribution in [0, 0.1) is 0 Å². The number of hydrogen-bond acceptors (Lipinski definition) is 4. The van der Waals surface area contributed by atoms with Crippen molar-refractivity contribution < 1.29 is 18.9 Å². The van der Waals surface area contributed by atoms with Gasteiger partial charge in [-0.25, -0.2) is 4.79 Å². The van der Waals surface area contributed by atoms with Crippen molar-refractivity contribution in [3.05, 3.63) is 12.3 Å². The van der Waals surface area contributed by atoms with Crippen molar-refractivity contribution in [2.45, 2.75) is 77.8 Å². The molecular weight excluding hydrogens is 326 g/mol. The lowest BCUT2D eigenvalue weighted by molar-refractivity contribution is -0.129. The Morgan fingerprint density at radius 2 is 1.35 bits per heavy atom. The summed E-state index contributed by atoms with van der Waals surface area (Å²) >= 11 is 0. The lowest BCUT2D eigenvalue weighted by atomic mass is 10.2. The third-order valence-corrected chi connectivity index (χ3v) is 13.4. The average Bonchev–Trinajstić information content (AvgIpc) is 2.24. The zero-order valence-corrected chi connectivity index (χ0v) is 18.3. The summed E-state index contributed by atoms with van der Waals surface area (Å²) in [6, 6.07) is 0. The summed E-state index contributed by atoms with van der Waals surface area (Å²) in [5, 5.41) is 13.2. The Labute approximate surface area is 143 Å². The van der Waals surface area contributed by atoms with Crippen LogP contribution in [0.3, 0.4) is 0 Å². The molecule has 0 atom stereocenters. The first kappa shape index (κ1) is 21.9. The second-order valence-electron chi connectivity index (χ2n) is 8.88. The van der Waals surface area contributed by atoms with Crippen LogP contribution in [0.2, 0.25) is 36.3 Å². The van der Waals surface area contributed by atoms with Crippen LogP contribution in [0.25, 0.3) is 0 Å². The number of carboxylic acids is 1. The van der Waals surface area contributed by atoms with Crippen molar-refractivity contribution in [2.24, 2.45) is 5.16 Å². The van der Waals surface area contributed by atoms with E-state index in [9.17, 15) is 9.90 Å². The Balaban J connectivity index is 5.41. The first-order chi connectivity index (χ1) is 9.92. The van der Waals surface area contributed by atoms with E-state index in [1.54, 1.807) is 0 Å². The average molecular weight is 360 g/mol. The van der Waals surface area contributed by atoms with Crippen LogP contribution in [0.15, 0.2) is 17.5 Å². The van der Waals surface area contributed by atoms with Crippen LogP contribution >= 0.6 is 0 Å². The molecule has 0 aliphatic heterocycles. The Kier molecular flexibility index (Phi) is 6.48. The third kappa shape index (κ3) is 5.80. The molecule has 0 heterocycles. The molecule has 5 nitrogen and oxygen atoms in total. The SMILES string of the molecule is C=C(O[Si](C)(C)C(C)(C)C)C(=NO[Si](C)(C)C(C)(C)C)C(=O)O. The molecule has 0 aromatic rings. The topological polar surface area (TPSA) is 68.1 Å². The fraction of sp³-hybridized carbons (Fsp3) is 0.750. The first-order valence-corrected chi connectivity index (χ1v) is 13.6. The standard InChI is InChI=1S/C16H33NO4Si2/c1-12(20-22(8,9)15(2,3)4)13(14(18)19)17-21-23(10,11)16(5,6)7/h1H2,2-11H3,(H,18,19). The minimum atomic E-state index is -2.19. The van der Waals surface area contributed by atoms with Gasteiger partial charge in [0.15, 0.2) is 0 Å². The predicted octanol–water partition coefficient (Wildman–Crippen LogP) is 4.98. The summed E-state index contributed by atoms with van der Waals surface area (Å²) in [7, 11) is -4.37. The van der Waals surface area contributed by atoms with Crippen molar-refractivity contribution in [3.63, 3.8) is 0 Å². The lowest BCUT2D eigenvalue weighted by Gasteiger charge is -2.37. The molecule has 1 N–H and O–H groups in total. The molecule has 23 heavy (non-hydrogen) atoms. The van der Waals surface area contributed by atoms with Gasteiger partial charge in [0.25, 0.3) is 16.6 Å². The van der Waals surface area contributed by atoms with Gasteiger partial charge in [-0.15, -0.1) is 0 Å². The Morgan fingerprint density at radius 1 is 0.957 bits per heavy atom. The molecule has 0 aliphatic carbocycles. The molecular formula is C16H33NO4Si2. The van der Waals surface area contributed by atoms with E-state index < -0.39 is 22.6 Å². The normalized spacial score (nSPS) is 14.4. The Morgan fingerprint density at radius 3 is 1.65 bits per heavy atom. The summed E-state index contributed by atoms with van der Waals surface area (Å²) in [5.74, 6) is -1.12. The zero-order chi connectivity index (χ0) is 18.9. The van der Waals surface area contributed by atoms with Gasteiger partial charge >= 0.3 is 5.97 Å². The zero-order valence-electron chi connectivity index (χ0n) is 16.3. The minimum Gasteiger partial charge on any atom is -0.542 e. The number of carbonyl (C=O) groups is 1. The number of carboxylic acid groups (broad SMARTS) is 1. The quantitative estimate of drug-likeness (QED) is 0.314. The van der Waals surface area contributed by atoms with Gasteiger partial charge in [0.1, 0.15) is 5.76 Å². The van der Waals surface area contributed by atoms with Gasteiger partial charge in [-0.1, -0.05) is 53.3 Å². The van der Waals surface area contributed by atoms with Gasteiger partial charge in [-0.05, 0) is 36.3 Å². The molecule has 0 bridgehead atoms. The van der Waals surface area contributed by atoms with E-state index in [0.717, 1.165) is 0 Å². The van der Waals surface area contributed by atoms with Crippen molar-refractivity contribution in [2.75, 3.05) is 0 Å². The van der Waals surface area contributed by atoms with Gasteiger partial charge in [0.05, 0.1) is 0 Å². The van der Waals surface area contributed by atoms with Crippen LogP contribution in [-0.2, 0) is 13.7 Å². The number of rotatable bonds is 6. The van der Waals surface area contributed by atoms with Gasteiger partial charge in [0, 0.05) is 0 Å². The molecule has 0 amide bonds. The molecule has 0 spiro atoms. The summed E-state index contributed by atoms with van der Waals surface area (Å²) in [6.45, 7) is 24.3. The molecule has 0 saturated carbocycles. The third-order valence-electron chi connectivity index (χ3n) is 4.82. The highest BCUT2D eigenvalue weighted by Crippen LogP contribution is 2.38. The summed E-state index contributed by atoms with van der Waals surface area (Å²) in [4.78, 5) is 11.5. The number of hydrogen-bond donors (Lipinski definition) is 1. The Hall–Kier alpha value is -1.09. The van der Waals surface area contributed by atoms with Gasteiger partial charge in [0.2, 0.25) is 5.71 Å². The van der Waals surface area contributed by atoms with Crippen LogP contribution in [0.1, 0.15) is 41.5 Å². The van der Waals surface area contributed by atoms with Crippen molar-refractivity contribution >= 4 is 28.3 Å². The summed E-state index contributed by atoms with van der Waals surface area (Å²) in [6.07, 6.45) is 0. The smallest absolute Gasteiger partial charge is 0.361 e.